The lowest BCUT2D eigenvalue weighted by Crippen LogP contribution is -2.22. The molecule has 0 aliphatic heterocycles. The molecule has 0 amide bonds. The van der Waals surface area contributed by atoms with Crippen molar-refractivity contribution in [3.05, 3.63) is 29.1 Å². The van der Waals surface area contributed by atoms with Crippen molar-refractivity contribution in [2.45, 2.75) is 37.6 Å². The Morgan fingerprint density at radius 3 is 2.56 bits per heavy atom. The average molecular weight is 259 g/mol. The summed E-state index contributed by atoms with van der Waals surface area (Å²) in [6, 6.07) is 2.07. The highest BCUT2D eigenvalue weighted by Gasteiger charge is 2.37. The van der Waals surface area contributed by atoms with Crippen LogP contribution in [0, 0.1) is 5.82 Å². The Morgan fingerprint density at radius 1 is 1.39 bits per heavy atom. The Balaban J connectivity index is 2.26. The summed E-state index contributed by atoms with van der Waals surface area (Å²) in [6.07, 6.45) is 0.243. The number of alkyl halides is 2. The lowest BCUT2D eigenvalue weighted by Gasteiger charge is -2.15. The van der Waals surface area contributed by atoms with E-state index in [1.165, 1.54) is 13.2 Å². The van der Waals surface area contributed by atoms with Gasteiger partial charge in [0.2, 0.25) is 0 Å². The fraction of sp³-hybridized carbons (Fsp3) is 0.538. The van der Waals surface area contributed by atoms with Gasteiger partial charge in [0.1, 0.15) is 11.6 Å². The van der Waals surface area contributed by atoms with Crippen LogP contribution in [0.15, 0.2) is 12.1 Å². The summed E-state index contributed by atoms with van der Waals surface area (Å²) in [5, 5.41) is 0. The molecule has 1 aliphatic rings. The molecule has 0 bridgehead atoms. The first-order chi connectivity index (χ1) is 8.45. The van der Waals surface area contributed by atoms with Gasteiger partial charge in [0.05, 0.1) is 12.7 Å². The van der Waals surface area contributed by atoms with Crippen molar-refractivity contribution in [2.75, 3.05) is 7.11 Å². The van der Waals surface area contributed by atoms with Crippen molar-refractivity contribution in [2.24, 2.45) is 5.73 Å². The molecule has 1 aliphatic carbocycles. The minimum Gasteiger partial charge on any atom is -0.496 e. The van der Waals surface area contributed by atoms with E-state index in [1.54, 1.807) is 0 Å². The standard InChI is InChI=1S/C13H16F3NO/c1-18-11-8(2-3-13(17)4-5-13)6-9(14)7-10(11)12(15)16/h6-7,12H,2-5,17H2,1H3. The Morgan fingerprint density at radius 2 is 2.06 bits per heavy atom. The molecular formula is C13H16F3NO. The quantitative estimate of drug-likeness (QED) is 0.881. The topological polar surface area (TPSA) is 35.2 Å². The Kier molecular flexibility index (Phi) is 3.52. The van der Waals surface area contributed by atoms with Gasteiger partial charge in [-0.15, -0.1) is 0 Å². The maximum atomic E-state index is 13.3. The van der Waals surface area contributed by atoms with Crippen LogP contribution in [0.25, 0.3) is 0 Å². The maximum absolute atomic E-state index is 13.3. The summed E-state index contributed by atoms with van der Waals surface area (Å²) in [5.41, 5.74) is 5.82. The average Bonchev–Trinajstić information content (AvgIpc) is 3.04. The summed E-state index contributed by atoms with van der Waals surface area (Å²) >= 11 is 0. The Hall–Kier alpha value is -1.23. The molecule has 1 fully saturated rings. The van der Waals surface area contributed by atoms with Gasteiger partial charge in [-0.2, -0.15) is 0 Å². The fourth-order valence-electron chi connectivity index (χ4n) is 2.06. The van der Waals surface area contributed by atoms with Gasteiger partial charge >= 0.3 is 0 Å². The van der Waals surface area contributed by atoms with E-state index in [1.807, 2.05) is 0 Å². The van der Waals surface area contributed by atoms with Crippen molar-refractivity contribution in [1.29, 1.82) is 0 Å². The normalized spacial score (nSPS) is 17.0. The van der Waals surface area contributed by atoms with E-state index in [-0.39, 0.29) is 11.3 Å². The molecule has 0 unspecified atom stereocenters. The third-order valence-corrected chi connectivity index (χ3v) is 3.38. The number of halogens is 3. The molecule has 0 spiro atoms. The number of aryl methyl sites for hydroxylation is 1. The molecule has 1 aromatic rings. The van der Waals surface area contributed by atoms with Crippen LogP contribution >= 0.6 is 0 Å². The molecule has 0 atom stereocenters. The molecule has 2 nitrogen and oxygen atoms in total. The van der Waals surface area contributed by atoms with Crippen molar-refractivity contribution in [1.82, 2.24) is 0 Å². The number of ether oxygens (including phenoxy) is 1. The first kappa shape index (κ1) is 13.2. The smallest absolute Gasteiger partial charge is 0.267 e. The number of benzene rings is 1. The maximum Gasteiger partial charge on any atom is 0.267 e. The molecule has 2 rings (SSSR count). The van der Waals surface area contributed by atoms with E-state index < -0.39 is 17.8 Å². The molecular weight excluding hydrogens is 243 g/mol. The molecule has 2 N–H and O–H groups in total. The van der Waals surface area contributed by atoms with Gasteiger partial charge in [0, 0.05) is 5.54 Å². The van der Waals surface area contributed by atoms with Gasteiger partial charge in [-0.05, 0) is 43.4 Å². The van der Waals surface area contributed by atoms with Crippen molar-refractivity contribution >= 4 is 0 Å². The van der Waals surface area contributed by atoms with Gasteiger partial charge in [0.25, 0.3) is 6.43 Å². The highest BCUT2D eigenvalue weighted by atomic mass is 19.3. The molecule has 5 heteroatoms. The lowest BCUT2D eigenvalue weighted by molar-refractivity contribution is 0.146. The molecule has 100 valence electrons. The largest absolute Gasteiger partial charge is 0.496 e. The van der Waals surface area contributed by atoms with Gasteiger partial charge in [0.15, 0.2) is 0 Å². The van der Waals surface area contributed by atoms with E-state index in [0.29, 0.717) is 18.4 Å². The number of methoxy groups -OCH3 is 1. The zero-order valence-corrected chi connectivity index (χ0v) is 10.2. The van der Waals surface area contributed by atoms with Crippen molar-refractivity contribution in [3.8, 4) is 5.75 Å². The first-order valence-electron chi connectivity index (χ1n) is 5.88. The van der Waals surface area contributed by atoms with Crippen molar-refractivity contribution < 1.29 is 17.9 Å². The van der Waals surface area contributed by atoms with Crippen molar-refractivity contribution in [3.63, 3.8) is 0 Å². The first-order valence-corrected chi connectivity index (χ1v) is 5.88. The summed E-state index contributed by atoms with van der Waals surface area (Å²) in [7, 11) is 1.32. The summed E-state index contributed by atoms with van der Waals surface area (Å²) < 4.78 is 43.9. The Bertz CT molecular complexity index is 444. The van der Waals surface area contributed by atoms with Gasteiger partial charge in [-0.1, -0.05) is 0 Å². The second-order valence-corrected chi connectivity index (χ2v) is 4.85. The monoisotopic (exact) mass is 259 g/mol. The van der Waals surface area contributed by atoms with Gasteiger partial charge < -0.3 is 10.5 Å². The molecule has 0 heterocycles. The van der Waals surface area contributed by atoms with Crippen LogP contribution in [0.4, 0.5) is 13.2 Å². The number of hydrogen-bond acceptors (Lipinski definition) is 2. The summed E-state index contributed by atoms with van der Waals surface area (Å²) in [6.45, 7) is 0. The molecule has 0 radical (unpaired) electrons. The summed E-state index contributed by atoms with van der Waals surface area (Å²) in [5.74, 6) is -0.585. The second kappa shape index (κ2) is 4.80. The van der Waals surface area contributed by atoms with E-state index in [4.69, 9.17) is 10.5 Å². The van der Waals surface area contributed by atoms with E-state index in [9.17, 15) is 13.2 Å². The fourth-order valence-corrected chi connectivity index (χ4v) is 2.06. The van der Waals surface area contributed by atoms with Gasteiger partial charge in [-0.3, -0.25) is 0 Å². The molecule has 1 saturated carbocycles. The number of hydrogen-bond donors (Lipinski definition) is 1. The van der Waals surface area contributed by atoms with E-state index >= 15 is 0 Å². The minimum atomic E-state index is -2.75. The highest BCUT2D eigenvalue weighted by Crippen LogP contribution is 2.39. The third-order valence-electron chi connectivity index (χ3n) is 3.38. The second-order valence-electron chi connectivity index (χ2n) is 4.85. The number of rotatable bonds is 5. The minimum absolute atomic E-state index is 0.0793. The van der Waals surface area contributed by atoms with Crippen LogP contribution in [0.5, 0.6) is 5.75 Å². The highest BCUT2D eigenvalue weighted by molar-refractivity contribution is 5.43. The molecule has 0 saturated heterocycles. The number of nitrogens with two attached hydrogens (primary N) is 1. The molecule has 18 heavy (non-hydrogen) atoms. The van der Waals surface area contributed by atoms with Crippen LogP contribution in [-0.4, -0.2) is 12.6 Å². The van der Waals surface area contributed by atoms with Crippen LogP contribution in [0.1, 0.15) is 36.8 Å². The van der Waals surface area contributed by atoms with Crippen LogP contribution in [0.3, 0.4) is 0 Å². The zero-order valence-electron chi connectivity index (χ0n) is 10.2. The Labute approximate surface area is 104 Å². The van der Waals surface area contributed by atoms with Crippen LogP contribution < -0.4 is 10.5 Å². The predicted octanol–water partition coefficient (Wildman–Crippen LogP) is 3.20. The van der Waals surface area contributed by atoms with Gasteiger partial charge in [-0.25, -0.2) is 13.2 Å². The molecule has 1 aromatic carbocycles. The van der Waals surface area contributed by atoms with E-state index in [0.717, 1.165) is 18.9 Å². The van der Waals surface area contributed by atoms with E-state index in [2.05, 4.69) is 0 Å². The predicted molar refractivity (Wildman–Crippen MR) is 62.4 cm³/mol. The molecule has 0 aromatic heterocycles. The zero-order chi connectivity index (χ0) is 13.3. The lowest BCUT2D eigenvalue weighted by atomic mass is 10.0. The van der Waals surface area contributed by atoms with Crippen LogP contribution in [-0.2, 0) is 6.42 Å². The van der Waals surface area contributed by atoms with Crippen LogP contribution in [0.2, 0.25) is 0 Å². The third kappa shape index (κ3) is 2.77. The SMILES string of the molecule is COc1c(CCC2(N)CC2)cc(F)cc1C(F)F. The summed E-state index contributed by atoms with van der Waals surface area (Å²) in [4.78, 5) is 0.